The van der Waals surface area contributed by atoms with Gasteiger partial charge in [0, 0.05) is 11.3 Å². The number of nitrogens with one attached hydrogen (secondary N) is 2. The van der Waals surface area contributed by atoms with E-state index >= 15 is 0 Å². The van der Waals surface area contributed by atoms with E-state index in [0.717, 1.165) is 22.6 Å². The molecular weight excluding hydrogens is 362 g/mol. The Bertz CT molecular complexity index is 998. The lowest BCUT2D eigenvalue weighted by Gasteiger charge is -2.06. The third-order valence-electron chi connectivity index (χ3n) is 3.95. The molecule has 3 aromatic rings. The summed E-state index contributed by atoms with van der Waals surface area (Å²) in [5, 5.41) is 5.99. The van der Waals surface area contributed by atoms with Crippen LogP contribution in [0.3, 0.4) is 0 Å². The molecule has 138 valence electrons. The van der Waals surface area contributed by atoms with Crippen molar-refractivity contribution in [3.63, 3.8) is 0 Å². The van der Waals surface area contributed by atoms with Gasteiger partial charge in [-0.15, -0.1) is 0 Å². The molecule has 3 rings (SSSR count). The van der Waals surface area contributed by atoms with Gasteiger partial charge in [0.25, 0.3) is 11.8 Å². The second kappa shape index (κ2) is 8.01. The van der Waals surface area contributed by atoms with Gasteiger partial charge in [-0.1, -0.05) is 35.6 Å². The Kier molecular flexibility index (Phi) is 5.52. The molecule has 2 N–H and O–H groups in total. The van der Waals surface area contributed by atoms with Crippen LogP contribution in [0.2, 0.25) is 0 Å². The molecule has 0 aliphatic carbocycles. The molecule has 0 spiro atoms. The Morgan fingerprint density at radius 1 is 1.00 bits per heavy atom. The summed E-state index contributed by atoms with van der Waals surface area (Å²) < 4.78 is 5.13. The maximum absolute atomic E-state index is 12.6. The van der Waals surface area contributed by atoms with Crippen LogP contribution in [0.5, 0.6) is 5.75 Å². The fraction of sp³-hybridized carbons (Fsp3) is 0.150. The minimum Gasteiger partial charge on any atom is -0.497 e. The summed E-state index contributed by atoms with van der Waals surface area (Å²) in [6.07, 6.45) is 0. The molecule has 1 heterocycles. The number of benzene rings is 2. The zero-order valence-electron chi connectivity index (χ0n) is 15.2. The van der Waals surface area contributed by atoms with Gasteiger partial charge in [-0.2, -0.15) is 0 Å². The molecule has 0 radical (unpaired) electrons. The summed E-state index contributed by atoms with van der Waals surface area (Å²) in [6.45, 7) is 3.67. The number of aromatic nitrogens is 1. The molecule has 0 saturated heterocycles. The first kappa shape index (κ1) is 18.6. The number of para-hydroxylation sites is 1. The number of amides is 2. The van der Waals surface area contributed by atoms with Crippen molar-refractivity contribution in [3.05, 3.63) is 70.2 Å². The molecule has 27 heavy (non-hydrogen) atoms. The van der Waals surface area contributed by atoms with E-state index < -0.39 is 0 Å². The Morgan fingerprint density at radius 3 is 2.52 bits per heavy atom. The van der Waals surface area contributed by atoms with E-state index in [0.29, 0.717) is 27.0 Å². The normalized spacial score (nSPS) is 10.3. The molecule has 0 unspecified atom stereocenters. The van der Waals surface area contributed by atoms with E-state index in [-0.39, 0.29) is 11.8 Å². The number of hydrogen-bond acceptors (Lipinski definition) is 5. The summed E-state index contributed by atoms with van der Waals surface area (Å²) in [5.41, 5.74) is 2.73. The SMILES string of the molecule is COc1cccc(C(=O)Nc2nc(C)c(C(=O)Nc3ccccc3C)s2)c1. The fourth-order valence-electron chi connectivity index (χ4n) is 2.49. The van der Waals surface area contributed by atoms with Gasteiger partial charge in [-0.05, 0) is 43.7 Å². The Hall–Kier alpha value is -3.19. The average Bonchev–Trinajstić information content (AvgIpc) is 3.03. The van der Waals surface area contributed by atoms with Crippen molar-refractivity contribution in [1.29, 1.82) is 0 Å². The van der Waals surface area contributed by atoms with Gasteiger partial charge in [0.05, 0.1) is 12.8 Å². The predicted octanol–water partition coefficient (Wildman–Crippen LogP) is 4.27. The number of ether oxygens (including phenoxy) is 1. The van der Waals surface area contributed by atoms with E-state index in [1.54, 1.807) is 38.3 Å². The van der Waals surface area contributed by atoms with Crippen LogP contribution in [-0.2, 0) is 0 Å². The number of aryl methyl sites for hydroxylation is 2. The lowest BCUT2D eigenvalue weighted by Crippen LogP contribution is -2.12. The van der Waals surface area contributed by atoms with Crippen molar-refractivity contribution < 1.29 is 14.3 Å². The highest BCUT2D eigenvalue weighted by Gasteiger charge is 2.18. The number of methoxy groups -OCH3 is 1. The number of anilines is 2. The van der Waals surface area contributed by atoms with Gasteiger partial charge in [-0.3, -0.25) is 14.9 Å². The zero-order valence-corrected chi connectivity index (χ0v) is 16.0. The third-order valence-corrected chi connectivity index (χ3v) is 5.02. The van der Waals surface area contributed by atoms with Crippen LogP contribution in [0.4, 0.5) is 10.8 Å². The van der Waals surface area contributed by atoms with Crippen LogP contribution in [0.15, 0.2) is 48.5 Å². The number of rotatable bonds is 5. The maximum Gasteiger partial charge on any atom is 0.267 e. The Morgan fingerprint density at radius 2 is 1.78 bits per heavy atom. The largest absolute Gasteiger partial charge is 0.497 e. The number of carbonyl (C=O) groups is 2. The first-order valence-corrected chi connectivity index (χ1v) is 9.09. The molecule has 0 aliphatic heterocycles. The van der Waals surface area contributed by atoms with E-state index in [1.807, 2.05) is 31.2 Å². The number of carbonyl (C=O) groups excluding carboxylic acids is 2. The molecule has 7 heteroatoms. The monoisotopic (exact) mass is 381 g/mol. The molecule has 0 saturated carbocycles. The molecule has 0 bridgehead atoms. The van der Waals surface area contributed by atoms with Gasteiger partial charge in [0.2, 0.25) is 0 Å². The molecule has 1 aromatic heterocycles. The van der Waals surface area contributed by atoms with Gasteiger partial charge in [0.15, 0.2) is 5.13 Å². The second-order valence-electron chi connectivity index (χ2n) is 5.89. The maximum atomic E-state index is 12.6. The summed E-state index contributed by atoms with van der Waals surface area (Å²) >= 11 is 1.14. The van der Waals surface area contributed by atoms with Crippen molar-refractivity contribution in [3.8, 4) is 5.75 Å². The summed E-state index contributed by atoms with van der Waals surface area (Å²) in [5.74, 6) is 0.0333. The van der Waals surface area contributed by atoms with E-state index in [1.165, 1.54) is 0 Å². The number of hydrogen-bond donors (Lipinski definition) is 2. The highest BCUT2D eigenvalue weighted by Crippen LogP contribution is 2.25. The van der Waals surface area contributed by atoms with E-state index in [9.17, 15) is 9.59 Å². The van der Waals surface area contributed by atoms with Crippen molar-refractivity contribution in [2.24, 2.45) is 0 Å². The lowest BCUT2D eigenvalue weighted by atomic mass is 10.2. The zero-order chi connectivity index (χ0) is 19.4. The molecule has 0 fully saturated rings. The van der Waals surface area contributed by atoms with Crippen LogP contribution in [0.25, 0.3) is 0 Å². The summed E-state index contributed by atoms with van der Waals surface area (Å²) in [4.78, 5) is 29.7. The summed E-state index contributed by atoms with van der Waals surface area (Å²) in [7, 11) is 1.54. The molecule has 2 amide bonds. The van der Waals surface area contributed by atoms with Gasteiger partial charge in [0.1, 0.15) is 10.6 Å². The van der Waals surface area contributed by atoms with Crippen molar-refractivity contribution in [1.82, 2.24) is 4.98 Å². The Labute approximate surface area is 161 Å². The van der Waals surface area contributed by atoms with Crippen LogP contribution in [-0.4, -0.2) is 23.9 Å². The lowest BCUT2D eigenvalue weighted by molar-refractivity contribution is 0.101. The highest BCUT2D eigenvalue weighted by atomic mass is 32.1. The van der Waals surface area contributed by atoms with Crippen LogP contribution >= 0.6 is 11.3 Å². The molecule has 6 nitrogen and oxygen atoms in total. The Balaban J connectivity index is 1.75. The van der Waals surface area contributed by atoms with Crippen LogP contribution in [0.1, 0.15) is 31.3 Å². The van der Waals surface area contributed by atoms with Crippen LogP contribution in [0, 0.1) is 13.8 Å². The van der Waals surface area contributed by atoms with Crippen molar-refractivity contribution >= 4 is 34.0 Å². The minimum absolute atomic E-state index is 0.249. The molecule has 0 atom stereocenters. The smallest absolute Gasteiger partial charge is 0.267 e. The average molecular weight is 381 g/mol. The fourth-order valence-corrected chi connectivity index (χ4v) is 3.34. The number of thiazole rings is 1. The molecule has 0 aliphatic rings. The third kappa shape index (κ3) is 4.32. The molecular formula is C20H19N3O3S. The standard InChI is InChI=1S/C20H19N3O3S/c1-12-7-4-5-10-16(12)22-19(25)17-13(2)21-20(27-17)23-18(24)14-8-6-9-15(11-14)26-3/h4-11H,1-3H3,(H,22,25)(H,21,23,24). The second-order valence-corrected chi connectivity index (χ2v) is 6.89. The van der Waals surface area contributed by atoms with Gasteiger partial charge >= 0.3 is 0 Å². The van der Waals surface area contributed by atoms with Crippen molar-refractivity contribution in [2.45, 2.75) is 13.8 Å². The van der Waals surface area contributed by atoms with Gasteiger partial charge < -0.3 is 10.1 Å². The van der Waals surface area contributed by atoms with Crippen LogP contribution < -0.4 is 15.4 Å². The molecule has 2 aromatic carbocycles. The quantitative estimate of drug-likeness (QED) is 0.691. The first-order valence-electron chi connectivity index (χ1n) is 8.27. The predicted molar refractivity (Wildman–Crippen MR) is 107 cm³/mol. The first-order chi connectivity index (χ1) is 13.0. The number of nitrogens with zero attached hydrogens (tertiary/aromatic N) is 1. The van der Waals surface area contributed by atoms with Crippen molar-refractivity contribution in [2.75, 3.05) is 17.7 Å². The van der Waals surface area contributed by atoms with Gasteiger partial charge in [-0.25, -0.2) is 4.98 Å². The topological polar surface area (TPSA) is 80.3 Å². The van der Waals surface area contributed by atoms with E-state index in [4.69, 9.17) is 4.74 Å². The summed E-state index contributed by atoms with van der Waals surface area (Å²) in [6, 6.07) is 14.4. The van der Waals surface area contributed by atoms with E-state index in [2.05, 4.69) is 15.6 Å². The highest BCUT2D eigenvalue weighted by molar-refractivity contribution is 7.17. The minimum atomic E-state index is -0.312.